The molecule has 12 heavy (non-hydrogen) atoms. The topological polar surface area (TPSA) is 39.2 Å². The van der Waals surface area contributed by atoms with E-state index in [-0.39, 0.29) is 5.69 Å². The fraction of sp³-hybridized carbons (Fsp3) is 0.143. The number of hydrogen-bond donors (Lipinski definition) is 0. The number of ether oxygens (including phenoxy) is 1. The Hall–Kier alpha value is -0.610. The minimum atomic E-state index is -0.610. The largest absolute Gasteiger partial charge is 0.495 e. The fourth-order valence-electron chi connectivity index (χ4n) is 0.721. The number of aromatic nitrogens is 1. The van der Waals surface area contributed by atoms with Crippen molar-refractivity contribution in [1.82, 2.24) is 4.98 Å². The maximum absolute atomic E-state index is 10.8. The van der Waals surface area contributed by atoms with Gasteiger partial charge in [0, 0.05) is 6.20 Å². The predicted octanol–water partition coefficient (Wildman–Crippen LogP) is 2.23. The first-order chi connectivity index (χ1) is 5.66. The molecule has 0 radical (unpaired) electrons. The molecule has 64 valence electrons. The highest BCUT2D eigenvalue weighted by atomic mass is 79.9. The van der Waals surface area contributed by atoms with Gasteiger partial charge in [0.25, 0.3) is 5.24 Å². The van der Waals surface area contributed by atoms with Gasteiger partial charge in [-0.3, -0.25) is 9.78 Å². The maximum atomic E-state index is 10.8. The summed E-state index contributed by atoms with van der Waals surface area (Å²) in [7, 11) is 1.50. The second-order valence-corrected chi connectivity index (χ2v) is 3.09. The highest BCUT2D eigenvalue weighted by Crippen LogP contribution is 2.27. The van der Waals surface area contributed by atoms with Crippen molar-refractivity contribution in [2.24, 2.45) is 0 Å². The van der Waals surface area contributed by atoms with Crippen LogP contribution in [0.5, 0.6) is 5.75 Å². The van der Waals surface area contributed by atoms with E-state index in [1.807, 2.05) is 0 Å². The molecule has 1 heterocycles. The van der Waals surface area contributed by atoms with E-state index in [0.29, 0.717) is 10.2 Å². The summed E-state index contributed by atoms with van der Waals surface area (Å²) in [5.74, 6) is 0.536. The van der Waals surface area contributed by atoms with Crippen LogP contribution in [0.1, 0.15) is 10.5 Å². The van der Waals surface area contributed by atoms with Crippen molar-refractivity contribution in [1.29, 1.82) is 0 Å². The zero-order chi connectivity index (χ0) is 9.14. The van der Waals surface area contributed by atoms with Crippen LogP contribution < -0.4 is 4.74 Å². The number of carbonyl (C=O) groups is 1. The normalized spacial score (nSPS) is 9.58. The third-order valence-corrected chi connectivity index (χ3v) is 2.21. The lowest BCUT2D eigenvalue weighted by molar-refractivity contribution is 0.107. The van der Waals surface area contributed by atoms with Crippen molar-refractivity contribution in [3.63, 3.8) is 0 Å². The zero-order valence-corrected chi connectivity index (χ0v) is 8.52. The van der Waals surface area contributed by atoms with Crippen LogP contribution in [0.15, 0.2) is 16.7 Å². The van der Waals surface area contributed by atoms with Crippen molar-refractivity contribution in [2.75, 3.05) is 7.11 Å². The van der Waals surface area contributed by atoms with Gasteiger partial charge in [-0.2, -0.15) is 0 Å². The summed E-state index contributed by atoms with van der Waals surface area (Å²) >= 11 is 8.40. The van der Waals surface area contributed by atoms with E-state index in [9.17, 15) is 4.79 Å². The number of nitrogens with zero attached hydrogens (tertiary/aromatic N) is 1. The second-order valence-electron chi connectivity index (χ2n) is 1.95. The Morgan fingerprint density at radius 2 is 2.42 bits per heavy atom. The molecule has 0 aliphatic heterocycles. The zero-order valence-electron chi connectivity index (χ0n) is 6.17. The highest BCUT2D eigenvalue weighted by Gasteiger charge is 2.12. The van der Waals surface area contributed by atoms with Crippen LogP contribution in [0.25, 0.3) is 0 Å². The summed E-state index contributed by atoms with van der Waals surface area (Å²) in [5, 5.41) is -0.610. The molecular formula is C7H5BrClNO2. The SMILES string of the molecule is COc1ccnc(C(=O)Cl)c1Br. The molecular weight excluding hydrogens is 245 g/mol. The van der Waals surface area contributed by atoms with E-state index in [0.717, 1.165) is 0 Å². The molecule has 0 bridgehead atoms. The Labute approximate surface area is 82.8 Å². The predicted molar refractivity (Wildman–Crippen MR) is 48.7 cm³/mol. The molecule has 0 aliphatic carbocycles. The van der Waals surface area contributed by atoms with Crippen LogP contribution in [-0.2, 0) is 0 Å². The summed E-state index contributed by atoms with van der Waals surface area (Å²) in [4.78, 5) is 14.5. The van der Waals surface area contributed by atoms with Crippen LogP contribution in [0, 0.1) is 0 Å². The van der Waals surface area contributed by atoms with Gasteiger partial charge in [-0.1, -0.05) is 0 Å². The smallest absolute Gasteiger partial charge is 0.272 e. The molecule has 0 N–H and O–H groups in total. The molecule has 0 aliphatic rings. The number of halogens is 2. The number of methoxy groups -OCH3 is 1. The molecule has 0 unspecified atom stereocenters. The molecule has 0 spiro atoms. The van der Waals surface area contributed by atoms with Crippen molar-refractivity contribution in [3.05, 3.63) is 22.4 Å². The van der Waals surface area contributed by atoms with Gasteiger partial charge >= 0.3 is 0 Å². The molecule has 0 fully saturated rings. The molecule has 5 heteroatoms. The average Bonchev–Trinajstić information content (AvgIpc) is 2.04. The molecule has 1 aromatic rings. The number of rotatable bonds is 2. The Balaban J connectivity index is 3.23. The van der Waals surface area contributed by atoms with Crippen LogP contribution in [-0.4, -0.2) is 17.3 Å². The van der Waals surface area contributed by atoms with Gasteiger partial charge in [-0.05, 0) is 33.6 Å². The number of pyridine rings is 1. The van der Waals surface area contributed by atoms with Crippen molar-refractivity contribution < 1.29 is 9.53 Å². The summed E-state index contributed by atoms with van der Waals surface area (Å²) in [6.45, 7) is 0. The molecule has 3 nitrogen and oxygen atoms in total. The molecule has 1 aromatic heterocycles. The average molecular weight is 250 g/mol. The van der Waals surface area contributed by atoms with E-state index < -0.39 is 5.24 Å². The van der Waals surface area contributed by atoms with E-state index in [2.05, 4.69) is 20.9 Å². The fourth-order valence-corrected chi connectivity index (χ4v) is 1.55. The minimum absolute atomic E-state index is 0.163. The van der Waals surface area contributed by atoms with Gasteiger partial charge in [0.1, 0.15) is 11.4 Å². The third-order valence-electron chi connectivity index (χ3n) is 1.26. The minimum Gasteiger partial charge on any atom is -0.495 e. The van der Waals surface area contributed by atoms with Crippen molar-refractivity contribution in [3.8, 4) is 5.75 Å². The maximum Gasteiger partial charge on any atom is 0.272 e. The van der Waals surface area contributed by atoms with E-state index >= 15 is 0 Å². The van der Waals surface area contributed by atoms with Gasteiger partial charge in [0.15, 0.2) is 0 Å². The Bertz CT molecular complexity index is 316. The standard InChI is InChI=1S/C7H5BrClNO2/c1-12-4-2-3-10-6(5(4)8)7(9)11/h2-3H,1H3. The van der Waals surface area contributed by atoms with Crippen LogP contribution in [0.4, 0.5) is 0 Å². The lowest BCUT2D eigenvalue weighted by atomic mass is 10.3. The van der Waals surface area contributed by atoms with Crippen LogP contribution >= 0.6 is 27.5 Å². The molecule has 0 saturated heterocycles. The highest BCUT2D eigenvalue weighted by molar-refractivity contribution is 9.10. The Morgan fingerprint density at radius 1 is 1.75 bits per heavy atom. The van der Waals surface area contributed by atoms with Gasteiger partial charge in [-0.15, -0.1) is 0 Å². The number of hydrogen-bond acceptors (Lipinski definition) is 3. The molecule has 0 aromatic carbocycles. The van der Waals surface area contributed by atoms with Gasteiger partial charge in [0.05, 0.1) is 11.6 Å². The third kappa shape index (κ3) is 1.76. The lowest BCUT2D eigenvalue weighted by Crippen LogP contribution is -1.97. The first-order valence-corrected chi connectivity index (χ1v) is 4.22. The molecule has 0 amide bonds. The van der Waals surface area contributed by atoms with Gasteiger partial charge in [0.2, 0.25) is 0 Å². The summed E-state index contributed by atoms with van der Waals surface area (Å²) < 4.78 is 5.42. The summed E-state index contributed by atoms with van der Waals surface area (Å²) in [6, 6.07) is 1.63. The summed E-state index contributed by atoms with van der Waals surface area (Å²) in [5.41, 5.74) is 0.163. The Kier molecular flexibility index (Phi) is 3.05. The quantitative estimate of drug-likeness (QED) is 0.756. The molecule has 0 atom stereocenters. The van der Waals surface area contributed by atoms with Crippen molar-refractivity contribution >= 4 is 32.8 Å². The first-order valence-electron chi connectivity index (χ1n) is 3.05. The van der Waals surface area contributed by atoms with E-state index in [1.165, 1.54) is 13.3 Å². The van der Waals surface area contributed by atoms with Crippen LogP contribution in [0.3, 0.4) is 0 Å². The summed E-state index contributed by atoms with van der Waals surface area (Å²) in [6.07, 6.45) is 1.46. The van der Waals surface area contributed by atoms with Crippen molar-refractivity contribution in [2.45, 2.75) is 0 Å². The van der Waals surface area contributed by atoms with Gasteiger partial charge < -0.3 is 4.74 Å². The van der Waals surface area contributed by atoms with E-state index in [1.54, 1.807) is 6.07 Å². The van der Waals surface area contributed by atoms with Gasteiger partial charge in [-0.25, -0.2) is 0 Å². The number of carbonyl (C=O) groups excluding carboxylic acids is 1. The Morgan fingerprint density at radius 3 is 2.92 bits per heavy atom. The molecule has 0 saturated carbocycles. The van der Waals surface area contributed by atoms with Crippen LogP contribution in [0.2, 0.25) is 0 Å². The lowest BCUT2D eigenvalue weighted by Gasteiger charge is -2.03. The first kappa shape index (κ1) is 9.48. The monoisotopic (exact) mass is 249 g/mol. The van der Waals surface area contributed by atoms with E-state index in [4.69, 9.17) is 16.3 Å². The second kappa shape index (κ2) is 3.87. The molecule has 1 rings (SSSR count).